The number of rotatable bonds is 4. The van der Waals surface area contributed by atoms with Gasteiger partial charge in [-0.25, -0.2) is 4.79 Å². The predicted molar refractivity (Wildman–Crippen MR) is 92.6 cm³/mol. The number of aliphatic carboxylic acids is 1. The van der Waals surface area contributed by atoms with Gasteiger partial charge >= 0.3 is 5.97 Å². The Morgan fingerprint density at radius 1 is 1.09 bits per heavy atom. The third-order valence-corrected chi connectivity index (χ3v) is 3.74. The molecular weight excluding hydrogens is 292 g/mol. The fourth-order valence-corrected chi connectivity index (χ4v) is 2.63. The third kappa shape index (κ3) is 4.91. The van der Waals surface area contributed by atoms with Gasteiger partial charge in [-0.2, -0.15) is 0 Å². The zero-order chi connectivity index (χ0) is 18.0. The maximum Gasteiger partial charge on any atom is 0.328 e. The third-order valence-electron chi connectivity index (χ3n) is 3.74. The van der Waals surface area contributed by atoms with Crippen molar-refractivity contribution in [2.45, 2.75) is 58.5 Å². The quantitative estimate of drug-likeness (QED) is 0.743. The van der Waals surface area contributed by atoms with Crippen LogP contribution < -0.4 is 0 Å². The van der Waals surface area contributed by atoms with Crippen molar-refractivity contribution in [2.24, 2.45) is 0 Å². The average Bonchev–Trinajstić information content (AvgIpc) is 2.41. The summed E-state index contributed by atoms with van der Waals surface area (Å²) in [5.41, 5.74) is 2.83. The van der Waals surface area contributed by atoms with E-state index >= 15 is 0 Å². The van der Waals surface area contributed by atoms with Crippen LogP contribution in [0.4, 0.5) is 0 Å². The molecule has 1 unspecified atom stereocenters. The van der Waals surface area contributed by atoms with E-state index in [2.05, 4.69) is 0 Å². The summed E-state index contributed by atoms with van der Waals surface area (Å²) in [6.07, 6.45) is 1.70. The Labute approximate surface area is 138 Å². The molecule has 1 atom stereocenters. The average molecular weight is 320 g/mol. The van der Waals surface area contributed by atoms with Crippen molar-refractivity contribution in [3.63, 3.8) is 0 Å². The van der Waals surface area contributed by atoms with Gasteiger partial charge in [0.25, 0.3) is 0 Å². The number of aliphatic hydroxyl groups excluding tert-OH is 2. The van der Waals surface area contributed by atoms with Crippen LogP contribution in [-0.2, 0) is 15.6 Å². The smallest absolute Gasteiger partial charge is 0.328 e. The molecule has 0 radical (unpaired) electrons. The van der Waals surface area contributed by atoms with Gasteiger partial charge in [-0.1, -0.05) is 53.7 Å². The van der Waals surface area contributed by atoms with Crippen molar-refractivity contribution < 1.29 is 20.1 Å². The molecule has 0 amide bonds. The lowest BCUT2D eigenvalue weighted by atomic mass is 9.74. The van der Waals surface area contributed by atoms with E-state index < -0.39 is 12.1 Å². The lowest BCUT2D eigenvalue weighted by molar-refractivity contribution is -0.131. The molecule has 23 heavy (non-hydrogen) atoms. The van der Waals surface area contributed by atoms with Crippen molar-refractivity contribution in [1.29, 1.82) is 0 Å². The molecule has 0 heterocycles. The van der Waals surface area contributed by atoms with Gasteiger partial charge in [-0.15, -0.1) is 0 Å². The molecular formula is C19H28O4. The number of carboxylic acids is 1. The Morgan fingerprint density at radius 2 is 1.52 bits per heavy atom. The summed E-state index contributed by atoms with van der Waals surface area (Å²) in [5.74, 6) is -1.00. The first kappa shape index (κ1) is 19.4. The van der Waals surface area contributed by atoms with Crippen LogP contribution >= 0.6 is 0 Å². The summed E-state index contributed by atoms with van der Waals surface area (Å²) in [5, 5.41) is 28.7. The topological polar surface area (TPSA) is 77.8 Å². The van der Waals surface area contributed by atoms with E-state index in [0.717, 1.165) is 28.3 Å². The maximum absolute atomic E-state index is 10.8. The standard InChI is InChI=1S/C19H28O4/c1-18(2,3)13-9-12(7-8-16(22)23)10-14(19(4,5)6)17(13)15(21)11-20/h7-10,15,20-21H,11H2,1-6H3,(H,22,23)/b8-7+. The van der Waals surface area contributed by atoms with Crippen LogP contribution in [-0.4, -0.2) is 27.9 Å². The molecule has 0 saturated heterocycles. The van der Waals surface area contributed by atoms with Gasteiger partial charge < -0.3 is 15.3 Å². The van der Waals surface area contributed by atoms with Crippen LogP contribution in [0.3, 0.4) is 0 Å². The molecule has 4 nitrogen and oxygen atoms in total. The Morgan fingerprint density at radius 3 is 1.83 bits per heavy atom. The van der Waals surface area contributed by atoms with Gasteiger partial charge in [0, 0.05) is 6.08 Å². The molecule has 0 aliphatic carbocycles. The highest BCUT2D eigenvalue weighted by Crippen LogP contribution is 2.38. The molecule has 1 rings (SSSR count). The van der Waals surface area contributed by atoms with Crippen LogP contribution in [0.5, 0.6) is 0 Å². The van der Waals surface area contributed by atoms with E-state index in [0.29, 0.717) is 0 Å². The number of hydrogen-bond acceptors (Lipinski definition) is 3. The first-order chi connectivity index (χ1) is 10.4. The highest BCUT2D eigenvalue weighted by Gasteiger charge is 2.29. The molecule has 4 heteroatoms. The molecule has 0 fully saturated rings. The molecule has 128 valence electrons. The van der Waals surface area contributed by atoms with Crippen LogP contribution in [0.2, 0.25) is 0 Å². The van der Waals surface area contributed by atoms with Crippen LogP contribution in [0.15, 0.2) is 18.2 Å². The number of benzene rings is 1. The molecule has 0 spiro atoms. The fourth-order valence-electron chi connectivity index (χ4n) is 2.63. The molecule has 0 aliphatic rings. The lowest BCUT2D eigenvalue weighted by Crippen LogP contribution is -2.24. The summed E-state index contributed by atoms with van der Waals surface area (Å²) in [6, 6.07) is 3.78. The van der Waals surface area contributed by atoms with Gasteiger partial charge in [0.15, 0.2) is 0 Å². The first-order valence-electron chi connectivity index (χ1n) is 7.76. The van der Waals surface area contributed by atoms with Crippen LogP contribution in [0.25, 0.3) is 6.08 Å². The van der Waals surface area contributed by atoms with E-state index in [1.165, 1.54) is 0 Å². The zero-order valence-corrected chi connectivity index (χ0v) is 14.8. The number of carboxylic acid groups (broad SMARTS) is 1. The SMILES string of the molecule is CC(C)(C)c1cc(/C=C/C(=O)O)cc(C(C)(C)C)c1C(O)CO. The van der Waals surface area contributed by atoms with E-state index in [1.807, 2.05) is 53.7 Å². The van der Waals surface area contributed by atoms with Gasteiger partial charge in [-0.05, 0) is 39.2 Å². The molecule has 0 bridgehead atoms. The second kappa shape index (κ2) is 6.85. The maximum atomic E-state index is 10.8. The monoisotopic (exact) mass is 320 g/mol. The molecule has 0 aliphatic heterocycles. The number of hydrogen-bond donors (Lipinski definition) is 3. The second-order valence-corrected chi connectivity index (χ2v) is 7.90. The lowest BCUT2D eigenvalue weighted by Gasteiger charge is -2.32. The van der Waals surface area contributed by atoms with Crippen molar-refractivity contribution >= 4 is 12.0 Å². The summed E-state index contributed by atoms with van der Waals surface area (Å²) >= 11 is 0. The van der Waals surface area contributed by atoms with E-state index in [-0.39, 0.29) is 17.4 Å². The molecule has 1 aromatic rings. The largest absolute Gasteiger partial charge is 0.478 e. The highest BCUT2D eigenvalue weighted by atomic mass is 16.4. The van der Waals surface area contributed by atoms with Crippen molar-refractivity contribution in [1.82, 2.24) is 0 Å². The molecule has 3 N–H and O–H groups in total. The van der Waals surface area contributed by atoms with Crippen molar-refractivity contribution in [3.8, 4) is 0 Å². The van der Waals surface area contributed by atoms with Crippen molar-refractivity contribution in [2.75, 3.05) is 6.61 Å². The van der Waals surface area contributed by atoms with Crippen molar-refractivity contribution in [3.05, 3.63) is 40.5 Å². The molecule has 1 aromatic carbocycles. The zero-order valence-electron chi connectivity index (χ0n) is 14.8. The van der Waals surface area contributed by atoms with E-state index in [9.17, 15) is 15.0 Å². The minimum atomic E-state index is -1.00. The van der Waals surface area contributed by atoms with Gasteiger partial charge in [0.05, 0.1) is 6.61 Å². The normalized spacial score (nSPS) is 14.3. The summed E-state index contributed by atoms with van der Waals surface area (Å²) in [4.78, 5) is 10.8. The van der Waals surface area contributed by atoms with E-state index in [1.54, 1.807) is 6.08 Å². The molecule has 0 saturated carbocycles. The summed E-state index contributed by atoms with van der Waals surface area (Å²) in [7, 11) is 0. The summed E-state index contributed by atoms with van der Waals surface area (Å²) in [6.45, 7) is 11.9. The Hall–Kier alpha value is -1.65. The van der Waals surface area contributed by atoms with Gasteiger partial charge in [0.1, 0.15) is 6.10 Å². The Balaban J connectivity index is 3.75. The first-order valence-corrected chi connectivity index (χ1v) is 7.76. The highest BCUT2D eigenvalue weighted by molar-refractivity contribution is 5.85. The van der Waals surface area contributed by atoms with Crippen LogP contribution in [0, 0.1) is 0 Å². The minimum Gasteiger partial charge on any atom is -0.478 e. The Bertz CT molecular complexity index is 566. The molecule has 0 aromatic heterocycles. The van der Waals surface area contributed by atoms with Gasteiger partial charge in [-0.3, -0.25) is 0 Å². The van der Waals surface area contributed by atoms with E-state index in [4.69, 9.17) is 5.11 Å². The fraction of sp³-hybridized carbons (Fsp3) is 0.526. The van der Waals surface area contributed by atoms with Crippen LogP contribution in [0.1, 0.15) is 69.9 Å². The number of aliphatic hydroxyl groups is 2. The summed E-state index contributed by atoms with van der Waals surface area (Å²) < 4.78 is 0. The minimum absolute atomic E-state index is 0.251. The number of carbonyl (C=O) groups is 1. The predicted octanol–water partition coefficient (Wildman–Crippen LogP) is 3.41. The second-order valence-electron chi connectivity index (χ2n) is 7.90. The van der Waals surface area contributed by atoms with Gasteiger partial charge in [0.2, 0.25) is 0 Å². The Kier molecular flexibility index (Phi) is 5.78.